The Morgan fingerprint density at radius 2 is 1.83 bits per heavy atom. The van der Waals surface area contributed by atoms with Crippen molar-refractivity contribution in [3.63, 3.8) is 0 Å². The number of aryl methyl sites for hydroxylation is 1. The number of nitrogens with one attached hydrogen (secondary N) is 1. The van der Waals surface area contributed by atoms with Gasteiger partial charge in [0.25, 0.3) is 5.91 Å². The fraction of sp³-hybridized carbons (Fsp3) is 0.176. The number of carbonyl (C=O) groups is 2. The van der Waals surface area contributed by atoms with Crippen LogP contribution in [0.15, 0.2) is 36.4 Å². The van der Waals surface area contributed by atoms with Gasteiger partial charge in [0, 0.05) is 0 Å². The number of halogens is 2. The highest BCUT2D eigenvalue weighted by molar-refractivity contribution is 6.42. The Bertz CT molecular complexity index is 777. The van der Waals surface area contributed by atoms with Gasteiger partial charge in [-0.05, 0) is 42.8 Å². The van der Waals surface area contributed by atoms with Crippen molar-refractivity contribution in [3.8, 4) is 5.75 Å². The number of esters is 1. The highest BCUT2D eigenvalue weighted by atomic mass is 35.5. The lowest BCUT2D eigenvalue weighted by Gasteiger charge is -2.11. The van der Waals surface area contributed by atoms with Crippen molar-refractivity contribution in [2.24, 2.45) is 0 Å². The number of ether oxygens (including phenoxy) is 2. The summed E-state index contributed by atoms with van der Waals surface area (Å²) >= 11 is 11.6. The van der Waals surface area contributed by atoms with E-state index in [0.29, 0.717) is 16.5 Å². The van der Waals surface area contributed by atoms with Crippen LogP contribution in [0.3, 0.4) is 0 Å². The summed E-state index contributed by atoms with van der Waals surface area (Å²) in [4.78, 5) is 23.9. The van der Waals surface area contributed by atoms with Crippen molar-refractivity contribution in [3.05, 3.63) is 57.6 Å². The molecule has 2 aromatic carbocycles. The van der Waals surface area contributed by atoms with Crippen LogP contribution in [-0.2, 0) is 9.53 Å². The van der Waals surface area contributed by atoms with E-state index in [9.17, 15) is 9.59 Å². The monoisotopic (exact) mass is 367 g/mol. The van der Waals surface area contributed by atoms with Gasteiger partial charge in [-0.3, -0.25) is 4.79 Å². The molecule has 0 aliphatic carbocycles. The highest BCUT2D eigenvalue weighted by Crippen LogP contribution is 2.25. The molecule has 126 valence electrons. The number of amides is 1. The molecule has 0 spiro atoms. The Hall–Kier alpha value is -2.24. The van der Waals surface area contributed by atoms with Crippen LogP contribution in [0.4, 0.5) is 5.69 Å². The van der Waals surface area contributed by atoms with Gasteiger partial charge in [-0.2, -0.15) is 0 Å². The maximum absolute atomic E-state index is 12.0. The molecule has 0 aromatic heterocycles. The maximum atomic E-state index is 12.0. The third-order valence-electron chi connectivity index (χ3n) is 3.12. The molecule has 0 fully saturated rings. The molecule has 1 amide bonds. The number of carbonyl (C=O) groups excluding carboxylic acids is 2. The van der Waals surface area contributed by atoms with E-state index in [0.717, 1.165) is 5.56 Å². The van der Waals surface area contributed by atoms with Crippen LogP contribution in [0.25, 0.3) is 0 Å². The fourth-order valence-electron chi connectivity index (χ4n) is 1.94. The van der Waals surface area contributed by atoms with Crippen LogP contribution in [0.1, 0.15) is 15.9 Å². The molecule has 2 aromatic rings. The maximum Gasteiger partial charge on any atom is 0.338 e. The molecular weight excluding hydrogens is 353 g/mol. The summed E-state index contributed by atoms with van der Waals surface area (Å²) < 4.78 is 10.1. The number of methoxy groups -OCH3 is 1. The first-order valence-electron chi connectivity index (χ1n) is 6.97. The second-order valence-electron chi connectivity index (χ2n) is 4.96. The average Bonchev–Trinajstić information content (AvgIpc) is 2.55. The zero-order valence-electron chi connectivity index (χ0n) is 13.1. The van der Waals surface area contributed by atoms with Crippen LogP contribution < -0.4 is 10.1 Å². The Kier molecular flexibility index (Phi) is 6.06. The summed E-state index contributed by atoms with van der Waals surface area (Å²) in [5.41, 5.74) is 1.68. The predicted molar refractivity (Wildman–Crippen MR) is 93.1 cm³/mol. The smallest absolute Gasteiger partial charge is 0.338 e. The van der Waals surface area contributed by atoms with Crippen LogP contribution in [0, 0.1) is 6.92 Å². The number of benzene rings is 2. The van der Waals surface area contributed by atoms with Gasteiger partial charge in [-0.15, -0.1) is 0 Å². The van der Waals surface area contributed by atoms with Crippen molar-refractivity contribution >= 4 is 40.8 Å². The van der Waals surface area contributed by atoms with E-state index >= 15 is 0 Å². The van der Waals surface area contributed by atoms with Crippen LogP contribution in [0.2, 0.25) is 10.0 Å². The van der Waals surface area contributed by atoms with Crippen LogP contribution in [0.5, 0.6) is 5.75 Å². The minimum atomic E-state index is -0.667. The lowest BCUT2D eigenvalue weighted by atomic mass is 10.2. The first-order chi connectivity index (χ1) is 11.4. The van der Waals surface area contributed by atoms with E-state index in [1.807, 2.05) is 13.0 Å². The zero-order valence-corrected chi connectivity index (χ0v) is 14.6. The normalized spacial score (nSPS) is 10.2. The Morgan fingerprint density at radius 1 is 1.08 bits per heavy atom. The lowest BCUT2D eigenvalue weighted by molar-refractivity contribution is -0.119. The average molecular weight is 368 g/mol. The standard InChI is InChI=1S/C17H15Cl2NO4/c1-10-3-6-15(23-2)14(7-10)20-16(21)9-24-17(22)11-4-5-12(18)13(19)8-11/h3-8H,9H2,1-2H3,(H,20,21). The van der Waals surface area contributed by atoms with Gasteiger partial charge in [0.05, 0.1) is 28.4 Å². The molecule has 0 bridgehead atoms. The second kappa shape index (κ2) is 8.04. The Balaban J connectivity index is 1.97. The van der Waals surface area contributed by atoms with E-state index in [1.165, 1.54) is 25.3 Å². The zero-order chi connectivity index (χ0) is 17.7. The van der Waals surface area contributed by atoms with E-state index < -0.39 is 18.5 Å². The van der Waals surface area contributed by atoms with E-state index in [1.54, 1.807) is 12.1 Å². The molecule has 0 aliphatic rings. The van der Waals surface area contributed by atoms with Gasteiger partial charge >= 0.3 is 5.97 Å². The van der Waals surface area contributed by atoms with E-state index in [-0.39, 0.29) is 10.6 Å². The predicted octanol–water partition coefficient (Wildman–Crippen LogP) is 4.11. The molecule has 1 N–H and O–H groups in total. The van der Waals surface area contributed by atoms with Gasteiger partial charge in [0.2, 0.25) is 0 Å². The number of hydrogen-bond acceptors (Lipinski definition) is 4. The minimum absolute atomic E-state index is 0.213. The summed E-state index contributed by atoms with van der Waals surface area (Å²) in [6.07, 6.45) is 0. The van der Waals surface area contributed by atoms with Crippen LogP contribution >= 0.6 is 23.2 Å². The van der Waals surface area contributed by atoms with Crippen LogP contribution in [-0.4, -0.2) is 25.6 Å². The molecule has 0 saturated heterocycles. The Morgan fingerprint density at radius 3 is 2.50 bits per heavy atom. The first-order valence-corrected chi connectivity index (χ1v) is 7.73. The fourth-order valence-corrected chi connectivity index (χ4v) is 2.24. The van der Waals surface area contributed by atoms with Gasteiger partial charge in [-0.25, -0.2) is 4.79 Å². The van der Waals surface area contributed by atoms with Crippen molar-refractivity contribution in [1.29, 1.82) is 0 Å². The molecule has 2 rings (SSSR count). The summed E-state index contributed by atoms with van der Waals surface area (Å²) in [6, 6.07) is 9.70. The largest absolute Gasteiger partial charge is 0.495 e. The van der Waals surface area contributed by atoms with E-state index in [4.69, 9.17) is 32.7 Å². The molecule has 0 saturated carbocycles. The summed E-state index contributed by atoms with van der Waals surface area (Å²) in [5.74, 6) is -0.628. The molecule has 0 heterocycles. The minimum Gasteiger partial charge on any atom is -0.495 e. The number of hydrogen-bond donors (Lipinski definition) is 1. The third kappa shape index (κ3) is 4.63. The topological polar surface area (TPSA) is 64.6 Å². The highest BCUT2D eigenvalue weighted by Gasteiger charge is 2.13. The molecule has 7 heteroatoms. The lowest BCUT2D eigenvalue weighted by Crippen LogP contribution is -2.21. The molecule has 24 heavy (non-hydrogen) atoms. The quantitative estimate of drug-likeness (QED) is 0.807. The first kappa shape index (κ1) is 18.1. The van der Waals surface area contributed by atoms with Crippen molar-refractivity contribution in [2.75, 3.05) is 19.0 Å². The summed E-state index contributed by atoms with van der Waals surface area (Å²) in [6.45, 7) is 1.45. The number of rotatable bonds is 5. The van der Waals surface area contributed by atoms with Crippen molar-refractivity contribution < 1.29 is 19.1 Å². The number of anilines is 1. The molecular formula is C17H15Cl2NO4. The third-order valence-corrected chi connectivity index (χ3v) is 3.86. The van der Waals surface area contributed by atoms with Crippen molar-refractivity contribution in [1.82, 2.24) is 0 Å². The van der Waals surface area contributed by atoms with Gasteiger partial charge < -0.3 is 14.8 Å². The second-order valence-corrected chi connectivity index (χ2v) is 5.77. The van der Waals surface area contributed by atoms with Crippen molar-refractivity contribution in [2.45, 2.75) is 6.92 Å². The van der Waals surface area contributed by atoms with Gasteiger partial charge in [-0.1, -0.05) is 29.3 Å². The van der Waals surface area contributed by atoms with Gasteiger partial charge in [0.15, 0.2) is 6.61 Å². The van der Waals surface area contributed by atoms with Gasteiger partial charge in [0.1, 0.15) is 5.75 Å². The SMILES string of the molecule is COc1ccc(C)cc1NC(=O)COC(=O)c1ccc(Cl)c(Cl)c1. The molecule has 0 radical (unpaired) electrons. The molecule has 0 atom stereocenters. The Labute approximate surface area is 149 Å². The van der Waals surface area contributed by atoms with E-state index in [2.05, 4.69) is 5.32 Å². The molecule has 0 aliphatic heterocycles. The summed E-state index contributed by atoms with van der Waals surface area (Å²) in [5, 5.41) is 3.21. The summed E-state index contributed by atoms with van der Waals surface area (Å²) in [7, 11) is 1.50. The molecule has 0 unspecified atom stereocenters. The molecule has 5 nitrogen and oxygen atoms in total.